The number of aromatic nitrogens is 3. The molecule has 0 radical (unpaired) electrons. The van der Waals surface area contributed by atoms with Crippen molar-refractivity contribution < 1.29 is 28.9 Å². The number of unbranched alkanes of at least 4 members (excludes halogenated alkanes) is 16. The summed E-state index contributed by atoms with van der Waals surface area (Å²) in [5.41, 5.74) is 2.65. The minimum atomic E-state index is -0.482. The summed E-state index contributed by atoms with van der Waals surface area (Å²) in [6.07, 6.45) is 20.7. The lowest BCUT2D eigenvalue weighted by atomic mass is 9.97. The van der Waals surface area contributed by atoms with Crippen LogP contribution in [0.1, 0.15) is 142 Å². The summed E-state index contributed by atoms with van der Waals surface area (Å²) in [5, 5.41) is 11.4. The van der Waals surface area contributed by atoms with Crippen molar-refractivity contribution in [1.29, 1.82) is 0 Å². The molecule has 0 bridgehead atoms. The van der Waals surface area contributed by atoms with E-state index in [0.29, 0.717) is 29.7 Å². The average molecular weight is 738 g/mol. The van der Waals surface area contributed by atoms with Gasteiger partial charge in [-0.15, -0.1) is 15.0 Å². The number of phenols is 1. The van der Waals surface area contributed by atoms with Crippen LogP contribution in [0.4, 0.5) is 0 Å². The maximum atomic E-state index is 12.9. The Kier molecular flexibility index (Phi) is 19.0. The molecule has 0 fully saturated rings. The highest BCUT2D eigenvalue weighted by atomic mass is 16.6. The fraction of sp³-hybridized carbons (Fsp3) is 0.489. The number of hydrogen-bond acceptors (Lipinski definition) is 9. The molecule has 0 saturated heterocycles. The van der Waals surface area contributed by atoms with Gasteiger partial charge in [-0.3, -0.25) is 9.59 Å². The molecule has 0 aliphatic heterocycles. The first kappa shape index (κ1) is 42.0. The van der Waals surface area contributed by atoms with Crippen molar-refractivity contribution in [3.05, 3.63) is 72.8 Å². The van der Waals surface area contributed by atoms with Gasteiger partial charge in [0.1, 0.15) is 11.5 Å². The van der Waals surface area contributed by atoms with E-state index < -0.39 is 11.9 Å². The molecule has 0 amide bonds. The Morgan fingerprint density at radius 1 is 0.500 bits per heavy atom. The largest absolute Gasteiger partial charge is 0.507 e. The normalized spacial score (nSPS) is 11.0. The van der Waals surface area contributed by atoms with Crippen molar-refractivity contribution in [3.8, 4) is 51.8 Å². The van der Waals surface area contributed by atoms with Crippen LogP contribution in [0.5, 0.6) is 29.5 Å². The SMILES string of the molecule is CCCCCCCCCCCC(=O)Oc1nc(OC(=O)CCCCCCCCCCC)nc(Oc2cc(-c3ccccc3)c(O)c(-c3ccccc3)c2)n1. The number of hydrogen-bond donors (Lipinski definition) is 1. The molecule has 54 heavy (non-hydrogen) atoms. The van der Waals surface area contributed by atoms with Crippen molar-refractivity contribution in [2.75, 3.05) is 0 Å². The smallest absolute Gasteiger partial charge is 0.333 e. The van der Waals surface area contributed by atoms with Gasteiger partial charge in [0.2, 0.25) is 0 Å². The zero-order chi connectivity index (χ0) is 38.2. The predicted octanol–water partition coefficient (Wildman–Crippen LogP) is 12.4. The van der Waals surface area contributed by atoms with Crippen LogP contribution in [-0.2, 0) is 9.59 Å². The van der Waals surface area contributed by atoms with Crippen LogP contribution < -0.4 is 14.2 Å². The van der Waals surface area contributed by atoms with Crippen molar-refractivity contribution in [1.82, 2.24) is 15.0 Å². The van der Waals surface area contributed by atoms with E-state index in [-0.39, 0.29) is 36.6 Å². The molecule has 9 heteroatoms. The van der Waals surface area contributed by atoms with E-state index >= 15 is 0 Å². The second-order valence-corrected chi connectivity index (χ2v) is 14.0. The third-order valence-electron chi connectivity index (χ3n) is 9.42. The van der Waals surface area contributed by atoms with Gasteiger partial charge in [-0.05, 0) is 36.1 Å². The van der Waals surface area contributed by atoms with Crippen LogP contribution in [0, 0.1) is 0 Å². The minimum Gasteiger partial charge on any atom is -0.507 e. The molecule has 0 unspecified atom stereocenters. The number of ether oxygens (including phenoxy) is 3. The van der Waals surface area contributed by atoms with Crippen molar-refractivity contribution in [2.45, 2.75) is 142 Å². The molecule has 0 aliphatic carbocycles. The first-order valence-electron chi connectivity index (χ1n) is 20.3. The monoisotopic (exact) mass is 737 g/mol. The van der Waals surface area contributed by atoms with Gasteiger partial charge in [-0.1, -0.05) is 177 Å². The summed E-state index contributed by atoms with van der Waals surface area (Å²) >= 11 is 0. The van der Waals surface area contributed by atoms with Crippen molar-refractivity contribution in [2.24, 2.45) is 0 Å². The first-order valence-corrected chi connectivity index (χ1v) is 20.3. The summed E-state index contributed by atoms with van der Waals surface area (Å²) < 4.78 is 17.2. The molecule has 0 saturated carbocycles. The number of carbonyl (C=O) groups is 2. The van der Waals surface area contributed by atoms with Crippen molar-refractivity contribution in [3.63, 3.8) is 0 Å². The van der Waals surface area contributed by atoms with E-state index in [1.165, 1.54) is 64.2 Å². The molecule has 9 nitrogen and oxygen atoms in total. The summed E-state index contributed by atoms with van der Waals surface area (Å²) in [5.74, 6) is -0.558. The molecule has 4 rings (SSSR count). The second-order valence-electron chi connectivity index (χ2n) is 14.0. The Labute approximate surface area is 321 Å². The lowest BCUT2D eigenvalue weighted by Crippen LogP contribution is -2.14. The third kappa shape index (κ3) is 15.3. The Balaban J connectivity index is 1.46. The van der Waals surface area contributed by atoms with E-state index in [1.807, 2.05) is 60.7 Å². The maximum Gasteiger partial charge on any atom is 0.333 e. The van der Waals surface area contributed by atoms with Gasteiger partial charge >= 0.3 is 30.0 Å². The van der Waals surface area contributed by atoms with Gasteiger partial charge in [0.25, 0.3) is 0 Å². The molecule has 0 spiro atoms. The maximum absolute atomic E-state index is 12.9. The molecule has 3 aromatic carbocycles. The van der Waals surface area contributed by atoms with Gasteiger partial charge in [-0.2, -0.15) is 0 Å². The molecule has 0 aliphatic rings. The van der Waals surface area contributed by atoms with E-state index in [1.54, 1.807) is 12.1 Å². The Morgan fingerprint density at radius 2 is 0.852 bits per heavy atom. The van der Waals surface area contributed by atoms with E-state index in [4.69, 9.17) is 14.2 Å². The molecule has 290 valence electrons. The number of carbonyl (C=O) groups excluding carboxylic acids is 2. The molecular formula is C45H59N3O6. The number of aromatic hydroxyl groups is 1. The van der Waals surface area contributed by atoms with Gasteiger partial charge < -0.3 is 19.3 Å². The van der Waals surface area contributed by atoms with Crippen LogP contribution in [0.15, 0.2) is 72.8 Å². The Hall–Kier alpha value is -4.79. The third-order valence-corrected chi connectivity index (χ3v) is 9.42. The zero-order valence-corrected chi connectivity index (χ0v) is 32.4. The van der Waals surface area contributed by atoms with Crippen molar-refractivity contribution >= 4 is 11.9 Å². The fourth-order valence-electron chi connectivity index (χ4n) is 6.37. The van der Waals surface area contributed by atoms with E-state index in [9.17, 15) is 14.7 Å². The predicted molar refractivity (Wildman–Crippen MR) is 214 cm³/mol. The topological polar surface area (TPSA) is 121 Å². The first-order chi connectivity index (χ1) is 26.5. The summed E-state index contributed by atoms with van der Waals surface area (Å²) in [6, 6.07) is 21.5. The van der Waals surface area contributed by atoms with Crippen LogP contribution in [0.2, 0.25) is 0 Å². The molecule has 0 atom stereocenters. The Bertz CT molecular complexity index is 1570. The summed E-state index contributed by atoms with van der Waals surface area (Å²) in [4.78, 5) is 38.4. The highest BCUT2D eigenvalue weighted by molar-refractivity contribution is 5.83. The highest BCUT2D eigenvalue weighted by Crippen LogP contribution is 2.42. The molecular weight excluding hydrogens is 679 g/mol. The second kappa shape index (κ2) is 24.5. The number of benzene rings is 3. The highest BCUT2D eigenvalue weighted by Gasteiger charge is 2.19. The van der Waals surface area contributed by atoms with E-state index in [0.717, 1.165) is 49.7 Å². The quantitative estimate of drug-likeness (QED) is 0.0495. The number of nitrogens with zero attached hydrogens (tertiary/aromatic N) is 3. The average Bonchev–Trinajstić information content (AvgIpc) is 3.17. The van der Waals surface area contributed by atoms with Crippen LogP contribution >= 0.6 is 0 Å². The van der Waals surface area contributed by atoms with Gasteiger partial charge in [-0.25, -0.2) is 0 Å². The number of esters is 2. The molecule has 1 aromatic heterocycles. The summed E-state index contributed by atoms with van der Waals surface area (Å²) in [7, 11) is 0. The zero-order valence-electron chi connectivity index (χ0n) is 32.4. The minimum absolute atomic E-state index is 0.0904. The number of phenolic OH excluding ortho intramolecular Hbond substituents is 1. The lowest BCUT2D eigenvalue weighted by molar-refractivity contribution is -0.135. The molecule has 1 N–H and O–H groups in total. The molecule has 4 aromatic rings. The molecule has 1 heterocycles. The Morgan fingerprint density at radius 3 is 1.24 bits per heavy atom. The van der Waals surface area contributed by atoms with Gasteiger partial charge in [0.05, 0.1) is 0 Å². The lowest BCUT2D eigenvalue weighted by Gasteiger charge is -2.14. The van der Waals surface area contributed by atoms with E-state index in [2.05, 4.69) is 28.8 Å². The standard InChI is InChI=1S/C45H59N3O6/c1-3-5-7-9-11-13-15-17-25-31-40(49)53-44-46-43(47-45(48-44)54-41(50)32-26-18-16-14-12-10-8-6-4-2)52-37-33-38(35-27-21-19-22-28-35)42(51)39(34-37)36-29-23-20-24-30-36/h19-24,27-30,33-34,51H,3-18,25-26,31-32H2,1-2H3. The van der Waals surface area contributed by atoms with Gasteiger partial charge in [0.15, 0.2) is 0 Å². The number of rotatable bonds is 26. The van der Waals surface area contributed by atoms with Crippen LogP contribution in [0.3, 0.4) is 0 Å². The van der Waals surface area contributed by atoms with Crippen LogP contribution in [-0.4, -0.2) is 32.0 Å². The fourth-order valence-corrected chi connectivity index (χ4v) is 6.37. The van der Waals surface area contributed by atoms with Crippen LogP contribution in [0.25, 0.3) is 22.3 Å². The summed E-state index contributed by atoms with van der Waals surface area (Å²) in [6.45, 7) is 4.44. The van der Waals surface area contributed by atoms with Gasteiger partial charge in [0, 0.05) is 24.0 Å².